The molecule has 1 rings (SSSR count). The average molecular weight is 255 g/mol. The Morgan fingerprint density at radius 3 is 2.61 bits per heavy atom. The molecule has 1 aliphatic rings. The number of rotatable bonds is 10. The molecule has 0 aromatic heterocycles. The minimum absolute atomic E-state index is 0.678. The van der Waals surface area contributed by atoms with Gasteiger partial charge in [-0.15, -0.1) is 0 Å². The Kier molecular flexibility index (Phi) is 8.64. The van der Waals surface area contributed by atoms with Gasteiger partial charge in [-0.3, -0.25) is 0 Å². The number of likely N-dealkylation sites (N-methyl/N-ethyl adjacent to an activating group) is 1. The highest BCUT2D eigenvalue weighted by atomic mass is 15.2. The van der Waals surface area contributed by atoms with Gasteiger partial charge in [0, 0.05) is 19.1 Å². The summed E-state index contributed by atoms with van der Waals surface area (Å²) in [5, 5.41) is 3.56. The number of nitrogens with zero attached hydrogens (tertiary/aromatic N) is 2. The lowest BCUT2D eigenvalue weighted by Gasteiger charge is -2.22. The van der Waals surface area contributed by atoms with Crippen LogP contribution in [0.2, 0.25) is 0 Å². The van der Waals surface area contributed by atoms with Gasteiger partial charge in [-0.2, -0.15) is 0 Å². The van der Waals surface area contributed by atoms with Gasteiger partial charge in [0.25, 0.3) is 0 Å². The van der Waals surface area contributed by atoms with E-state index < -0.39 is 0 Å². The van der Waals surface area contributed by atoms with Crippen LogP contribution in [0.3, 0.4) is 0 Å². The summed E-state index contributed by atoms with van der Waals surface area (Å²) in [4.78, 5) is 5.09. The first-order valence-electron chi connectivity index (χ1n) is 7.86. The molecule has 108 valence electrons. The maximum absolute atomic E-state index is 3.56. The Hall–Kier alpha value is -0.120. The predicted octanol–water partition coefficient (Wildman–Crippen LogP) is 2.18. The van der Waals surface area contributed by atoms with Crippen LogP contribution in [0, 0.1) is 0 Å². The largest absolute Gasteiger partial charge is 0.314 e. The van der Waals surface area contributed by atoms with Crippen LogP contribution in [-0.2, 0) is 0 Å². The molecule has 1 aliphatic heterocycles. The van der Waals surface area contributed by atoms with Gasteiger partial charge in [-0.25, -0.2) is 0 Å². The summed E-state index contributed by atoms with van der Waals surface area (Å²) in [6.07, 6.45) is 6.66. The third kappa shape index (κ3) is 7.34. The average Bonchev–Trinajstić information content (AvgIpc) is 2.87. The van der Waals surface area contributed by atoms with Crippen molar-refractivity contribution in [2.75, 3.05) is 46.3 Å². The van der Waals surface area contributed by atoms with E-state index in [1.54, 1.807) is 0 Å². The molecule has 3 nitrogen and oxygen atoms in total. The minimum atomic E-state index is 0.678. The standard InChI is InChI=1S/C15H33N3/c1-4-9-16-15(2)8-7-10-17(3)13-14-18-11-5-6-12-18/h15-16H,4-14H2,1-3H3. The smallest absolute Gasteiger partial charge is 0.0109 e. The Morgan fingerprint density at radius 2 is 1.94 bits per heavy atom. The van der Waals surface area contributed by atoms with Crippen LogP contribution in [0.5, 0.6) is 0 Å². The quantitative estimate of drug-likeness (QED) is 0.645. The van der Waals surface area contributed by atoms with Crippen molar-refractivity contribution in [2.24, 2.45) is 0 Å². The van der Waals surface area contributed by atoms with Crippen molar-refractivity contribution in [1.82, 2.24) is 15.1 Å². The number of hydrogen-bond donors (Lipinski definition) is 1. The van der Waals surface area contributed by atoms with Crippen LogP contribution in [0.25, 0.3) is 0 Å². The van der Waals surface area contributed by atoms with Gasteiger partial charge >= 0.3 is 0 Å². The highest BCUT2D eigenvalue weighted by Crippen LogP contribution is 2.06. The van der Waals surface area contributed by atoms with Crippen molar-refractivity contribution < 1.29 is 0 Å². The van der Waals surface area contributed by atoms with Gasteiger partial charge in [-0.1, -0.05) is 6.92 Å². The molecule has 0 bridgehead atoms. The molecule has 1 N–H and O–H groups in total. The molecule has 0 spiro atoms. The molecule has 1 unspecified atom stereocenters. The van der Waals surface area contributed by atoms with E-state index in [-0.39, 0.29) is 0 Å². The number of nitrogens with one attached hydrogen (secondary N) is 1. The van der Waals surface area contributed by atoms with Gasteiger partial charge in [0.2, 0.25) is 0 Å². The normalized spacial score (nSPS) is 18.7. The lowest BCUT2D eigenvalue weighted by molar-refractivity contribution is 0.252. The summed E-state index contributed by atoms with van der Waals surface area (Å²) in [7, 11) is 2.26. The third-order valence-corrected chi connectivity index (χ3v) is 3.92. The zero-order chi connectivity index (χ0) is 13.2. The maximum atomic E-state index is 3.56. The van der Waals surface area contributed by atoms with Crippen molar-refractivity contribution in [1.29, 1.82) is 0 Å². The molecular formula is C15H33N3. The molecule has 0 aromatic carbocycles. The van der Waals surface area contributed by atoms with Crippen molar-refractivity contribution in [3.05, 3.63) is 0 Å². The van der Waals surface area contributed by atoms with Gasteiger partial charge in [-0.05, 0) is 72.3 Å². The van der Waals surface area contributed by atoms with E-state index >= 15 is 0 Å². The highest BCUT2D eigenvalue weighted by molar-refractivity contribution is 4.68. The Labute approximate surface area is 114 Å². The molecule has 3 heteroatoms. The Balaban J connectivity index is 1.93. The van der Waals surface area contributed by atoms with E-state index in [9.17, 15) is 0 Å². The van der Waals surface area contributed by atoms with Gasteiger partial charge in [0.1, 0.15) is 0 Å². The van der Waals surface area contributed by atoms with Gasteiger partial charge in [0.05, 0.1) is 0 Å². The second-order valence-corrected chi connectivity index (χ2v) is 5.85. The minimum Gasteiger partial charge on any atom is -0.314 e. The topological polar surface area (TPSA) is 18.5 Å². The van der Waals surface area contributed by atoms with E-state index in [1.165, 1.54) is 64.8 Å². The van der Waals surface area contributed by atoms with Crippen LogP contribution in [0.4, 0.5) is 0 Å². The summed E-state index contributed by atoms with van der Waals surface area (Å²) in [5.74, 6) is 0. The highest BCUT2D eigenvalue weighted by Gasteiger charge is 2.11. The summed E-state index contributed by atoms with van der Waals surface area (Å²) in [5.41, 5.74) is 0. The lowest BCUT2D eigenvalue weighted by atomic mass is 10.1. The fourth-order valence-electron chi connectivity index (χ4n) is 2.59. The summed E-state index contributed by atoms with van der Waals surface area (Å²) in [6, 6.07) is 0.678. The van der Waals surface area contributed by atoms with E-state index in [0.29, 0.717) is 6.04 Å². The first kappa shape index (κ1) is 15.9. The predicted molar refractivity (Wildman–Crippen MR) is 80.2 cm³/mol. The van der Waals surface area contributed by atoms with E-state index in [1.807, 2.05) is 0 Å². The second kappa shape index (κ2) is 9.76. The first-order valence-corrected chi connectivity index (χ1v) is 7.86. The fourth-order valence-corrected chi connectivity index (χ4v) is 2.59. The number of hydrogen-bond acceptors (Lipinski definition) is 3. The van der Waals surface area contributed by atoms with E-state index in [4.69, 9.17) is 0 Å². The SMILES string of the molecule is CCCNC(C)CCCN(C)CCN1CCCC1. The van der Waals surface area contributed by atoms with Crippen LogP contribution in [0.1, 0.15) is 46.0 Å². The molecule has 0 aliphatic carbocycles. The molecule has 0 amide bonds. The lowest BCUT2D eigenvalue weighted by Crippen LogP contribution is -2.33. The molecular weight excluding hydrogens is 222 g/mol. The molecule has 1 fully saturated rings. The van der Waals surface area contributed by atoms with Gasteiger partial charge < -0.3 is 15.1 Å². The van der Waals surface area contributed by atoms with Crippen molar-refractivity contribution in [3.8, 4) is 0 Å². The third-order valence-electron chi connectivity index (χ3n) is 3.92. The van der Waals surface area contributed by atoms with Crippen LogP contribution in [0.15, 0.2) is 0 Å². The Morgan fingerprint density at radius 1 is 1.22 bits per heavy atom. The molecule has 1 atom stereocenters. The molecule has 18 heavy (non-hydrogen) atoms. The first-order chi connectivity index (χ1) is 8.72. The Bertz CT molecular complexity index is 190. The molecule has 0 saturated carbocycles. The van der Waals surface area contributed by atoms with E-state index in [2.05, 4.69) is 36.0 Å². The molecule has 0 aromatic rings. The molecule has 1 heterocycles. The zero-order valence-electron chi connectivity index (χ0n) is 12.7. The van der Waals surface area contributed by atoms with Crippen molar-refractivity contribution >= 4 is 0 Å². The molecule has 0 radical (unpaired) electrons. The van der Waals surface area contributed by atoms with Crippen LogP contribution in [-0.4, -0.2) is 62.2 Å². The fraction of sp³-hybridized carbons (Fsp3) is 1.00. The van der Waals surface area contributed by atoms with Crippen LogP contribution >= 0.6 is 0 Å². The van der Waals surface area contributed by atoms with E-state index in [0.717, 1.165) is 6.54 Å². The summed E-state index contributed by atoms with van der Waals surface area (Å²) < 4.78 is 0. The summed E-state index contributed by atoms with van der Waals surface area (Å²) >= 11 is 0. The van der Waals surface area contributed by atoms with Crippen molar-refractivity contribution in [3.63, 3.8) is 0 Å². The molecule has 1 saturated heterocycles. The van der Waals surface area contributed by atoms with Crippen molar-refractivity contribution in [2.45, 2.75) is 52.0 Å². The number of likely N-dealkylation sites (tertiary alicyclic amines) is 1. The summed E-state index contributed by atoms with van der Waals surface area (Å²) in [6.45, 7) is 12.1. The monoisotopic (exact) mass is 255 g/mol. The van der Waals surface area contributed by atoms with Gasteiger partial charge in [0.15, 0.2) is 0 Å². The van der Waals surface area contributed by atoms with Crippen LogP contribution < -0.4 is 5.32 Å². The maximum Gasteiger partial charge on any atom is 0.0109 e. The zero-order valence-corrected chi connectivity index (χ0v) is 12.7. The second-order valence-electron chi connectivity index (χ2n) is 5.85.